The third kappa shape index (κ3) is 1.74. The maximum atomic E-state index is 5.40. The predicted octanol–water partition coefficient (Wildman–Crippen LogP) is 1.15. The molecule has 1 aliphatic carbocycles. The summed E-state index contributed by atoms with van der Waals surface area (Å²) in [5.41, 5.74) is 0. The van der Waals surface area contributed by atoms with Crippen LogP contribution in [0.4, 0.5) is 0 Å². The Labute approximate surface area is 67.9 Å². The molecule has 2 nitrogen and oxygen atoms in total. The molecule has 0 spiro atoms. The Bertz CT molecular complexity index is 113. The SMILES string of the molecule is [CH]1[CH][CH][C](C2OCCCO2)[CH]1. The standard InChI is InChI=1S/C9H11O2/c1-2-5-8(4-1)9-10-6-3-7-11-9/h1-2,4-5,9H,3,6-7H2. The predicted molar refractivity (Wildman–Crippen MR) is 40.8 cm³/mol. The van der Waals surface area contributed by atoms with Crippen molar-refractivity contribution in [3.05, 3.63) is 31.6 Å². The lowest BCUT2D eigenvalue weighted by atomic mass is 10.1. The van der Waals surface area contributed by atoms with Crippen molar-refractivity contribution in [2.75, 3.05) is 13.2 Å². The lowest BCUT2D eigenvalue weighted by Crippen LogP contribution is -2.30. The molecule has 0 aromatic carbocycles. The zero-order valence-electron chi connectivity index (χ0n) is 6.32. The monoisotopic (exact) mass is 151 g/mol. The lowest BCUT2D eigenvalue weighted by Gasteiger charge is -2.27. The fourth-order valence-electron chi connectivity index (χ4n) is 1.23. The van der Waals surface area contributed by atoms with E-state index in [-0.39, 0.29) is 6.29 Å². The largest absolute Gasteiger partial charge is 0.352 e. The van der Waals surface area contributed by atoms with Crippen LogP contribution in [0, 0.1) is 31.6 Å². The Balaban J connectivity index is 1.82. The molecule has 1 saturated carbocycles. The average Bonchev–Trinajstić information content (AvgIpc) is 2.58. The summed E-state index contributed by atoms with van der Waals surface area (Å²) in [5, 5.41) is 0. The molecule has 11 heavy (non-hydrogen) atoms. The Hall–Kier alpha value is -0.0800. The maximum absolute atomic E-state index is 5.40. The van der Waals surface area contributed by atoms with Gasteiger partial charge in [-0.3, -0.25) is 0 Å². The summed E-state index contributed by atoms with van der Waals surface area (Å²) in [6, 6.07) is 0. The Morgan fingerprint density at radius 2 is 1.73 bits per heavy atom. The first-order valence-electron chi connectivity index (χ1n) is 3.91. The second-order valence-corrected chi connectivity index (χ2v) is 2.65. The first-order valence-corrected chi connectivity index (χ1v) is 3.91. The molecule has 0 N–H and O–H groups in total. The van der Waals surface area contributed by atoms with E-state index in [1.165, 1.54) is 0 Å². The van der Waals surface area contributed by atoms with Crippen molar-refractivity contribution in [2.45, 2.75) is 12.7 Å². The van der Waals surface area contributed by atoms with Gasteiger partial charge in [0.15, 0.2) is 6.29 Å². The molecule has 59 valence electrons. The van der Waals surface area contributed by atoms with E-state index in [1.54, 1.807) is 0 Å². The van der Waals surface area contributed by atoms with E-state index in [9.17, 15) is 0 Å². The smallest absolute Gasteiger partial charge is 0.164 e. The fraction of sp³-hybridized carbons (Fsp3) is 0.444. The van der Waals surface area contributed by atoms with Crippen molar-refractivity contribution in [3.8, 4) is 0 Å². The van der Waals surface area contributed by atoms with Gasteiger partial charge in [-0.25, -0.2) is 0 Å². The van der Waals surface area contributed by atoms with Crippen molar-refractivity contribution in [2.24, 2.45) is 0 Å². The molecule has 5 radical (unpaired) electrons. The van der Waals surface area contributed by atoms with Gasteiger partial charge >= 0.3 is 0 Å². The molecule has 1 saturated heterocycles. The van der Waals surface area contributed by atoms with Crippen LogP contribution in [-0.2, 0) is 9.47 Å². The minimum absolute atomic E-state index is 0.112. The van der Waals surface area contributed by atoms with Crippen LogP contribution in [0.15, 0.2) is 0 Å². The molecule has 2 rings (SSSR count). The highest BCUT2D eigenvalue weighted by Gasteiger charge is 2.29. The summed E-state index contributed by atoms with van der Waals surface area (Å²) in [6.45, 7) is 1.63. The molecule has 0 amide bonds. The van der Waals surface area contributed by atoms with Crippen LogP contribution in [0.25, 0.3) is 0 Å². The summed E-state index contributed by atoms with van der Waals surface area (Å²) in [5.74, 6) is 1.13. The molecule has 1 aliphatic heterocycles. The van der Waals surface area contributed by atoms with Crippen LogP contribution in [-0.4, -0.2) is 19.5 Å². The van der Waals surface area contributed by atoms with Gasteiger partial charge in [0.05, 0.1) is 13.2 Å². The Kier molecular flexibility index (Phi) is 2.44. The molecule has 1 heterocycles. The summed E-state index contributed by atoms with van der Waals surface area (Å²) in [6.07, 6.45) is 8.94. The zero-order valence-corrected chi connectivity index (χ0v) is 6.32. The molecule has 0 aromatic heterocycles. The van der Waals surface area contributed by atoms with Crippen LogP contribution in [0.5, 0.6) is 0 Å². The Morgan fingerprint density at radius 1 is 1.09 bits per heavy atom. The van der Waals surface area contributed by atoms with Crippen LogP contribution in [0.1, 0.15) is 6.42 Å². The van der Waals surface area contributed by atoms with Crippen LogP contribution in [0.3, 0.4) is 0 Å². The normalized spacial score (nSPS) is 29.5. The van der Waals surface area contributed by atoms with E-state index < -0.39 is 0 Å². The summed E-state index contributed by atoms with van der Waals surface area (Å²) in [4.78, 5) is 0. The second-order valence-electron chi connectivity index (χ2n) is 2.65. The third-order valence-electron chi connectivity index (χ3n) is 1.79. The van der Waals surface area contributed by atoms with Crippen LogP contribution in [0.2, 0.25) is 0 Å². The fourth-order valence-corrected chi connectivity index (χ4v) is 1.23. The first-order chi connectivity index (χ1) is 5.47. The lowest BCUT2D eigenvalue weighted by molar-refractivity contribution is -0.164. The molecule has 2 fully saturated rings. The molecule has 2 aliphatic rings. The molecule has 0 atom stereocenters. The molecule has 2 heteroatoms. The molecular formula is C9H11O2. The van der Waals surface area contributed by atoms with Crippen molar-refractivity contribution >= 4 is 0 Å². The quantitative estimate of drug-likeness (QED) is 0.559. The number of rotatable bonds is 1. The summed E-state index contributed by atoms with van der Waals surface area (Å²) >= 11 is 0. The van der Waals surface area contributed by atoms with E-state index in [1.807, 2.05) is 25.7 Å². The Morgan fingerprint density at radius 3 is 2.36 bits per heavy atom. The topological polar surface area (TPSA) is 18.5 Å². The van der Waals surface area contributed by atoms with Gasteiger partial charge in [0.25, 0.3) is 0 Å². The van der Waals surface area contributed by atoms with Gasteiger partial charge in [0.1, 0.15) is 0 Å². The van der Waals surface area contributed by atoms with Gasteiger partial charge in [-0.05, 0) is 32.1 Å². The summed E-state index contributed by atoms with van der Waals surface area (Å²) < 4.78 is 10.8. The highest BCUT2D eigenvalue weighted by molar-refractivity contribution is 5.36. The van der Waals surface area contributed by atoms with Gasteiger partial charge in [-0.1, -0.05) is 0 Å². The van der Waals surface area contributed by atoms with Gasteiger partial charge in [-0.2, -0.15) is 0 Å². The van der Waals surface area contributed by atoms with Gasteiger partial charge in [0.2, 0.25) is 0 Å². The van der Waals surface area contributed by atoms with E-state index >= 15 is 0 Å². The second kappa shape index (κ2) is 3.55. The highest BCUT2D eigenvalue weighted by atomic mass is 16.7. The van der Waals surface area contributed by atoms with Gasteiger partial charge in [0, 0.05) is 5.92 Å². The number of hydrogen-bond donors (Lipinski definition) is 0. The summed E-state index contributed by atoms with van der Waals surface area (Å²) in [7, 11) is 0. The zero-order chi connectivity index (χ0) is 7.52. The number of hydrogen-bond acceptors (Lipinski definition) is 2. The van der Waals surface area contributed by atoms with E-state index in [0.717, 1.165) is 25.6 Å². The highest BCUT2D eigenvalue weighted by Crippen LogP contribution is 2.29. The van der Waals surface area contributed by atoms with E-state index in [4.69, 9.17) is 9.47 Å². The van der Waals surface area contributed by atoms with Crippen LogP contribution < -0.4 is 0 Å². The average molecular weight is 151 g/mol. The van der Waals surface area contributed by atoms with Crippen LogP contribution >= 0.6 is 0 Å². The molecule has 0 aromatic rings. The van der Waals surface area contributed by atoms with Crippen molar-refractivity contribution < 1.29 is 9.47 Å². The third-order valence-corrected chi connectivity index (χ3v) is 1.79. The molecule has 0 unspecified atom stereocenters. The van der Waals surface area contributed by atoms with Gasteiger partial charge < -0.3 is 9.47 Å². The molecular weight excluding hydrogens is 140 g/mol. The van der Waals surface area contributed by atoms with Crippen molar-refractivity contribution in [3.63, 3.8) is 0 Å². The molecule has 0 bridgehead atoms. The number of ether oxygens (including phenoxy) is 2. The minimum Gasteiger partial charge on any atom is -0.352 e. The van der Waals surface area contributed by atoms with Crippen molar-refractivity contribution in [1.82, 2.24) is 0 Å². The van der Waals surface area contributed by atoms with E-state index in [0.29, 0.717) is 0 Å². The first kappa shape index (κ1) is 7.56. The van der Waals surface area contributed by atoms with Gasteiger partial charge in [-0.15, -0.1) is 0 Å². The maximum Gasteiger partial charge on any atom is 0.164 e. The van der Waals surface area contributed by atoms with E-state index in [2.05, 4.69) is 0 Å². The minimum atomic E-state index is -0.112. The van der Waals surface area contributed by atoms with Crippen molar-refractivity contribution in [1.29, 1.82) is 0 Å².